The summed E-state index contributed by atoms with van der Waals surface area (Å²) in [6, 6.07) is 8.06. The fourth-order valence-corrected chi connectivity index (χ4v) is 2.49. The summed E-state index contributed by atoms with van der Waals surface area (Å²) in [5.74, 6) is 0.0795. The SMILES string of the molecule is CC(Sc1ccc(N)c(F)c1)C(=O)NCc1ccco1. The lowest BCUT2D eigenvalue weighted by Gasteiger charge is -2.11. The molecule has 2 aromatic rings. The highest BCUT2D eigenvalue weighted by molar-refractivity contribution is 8.00. The van der Waals surface area contributed by atoms with Crippen LogP contribution in [-0.4, -0.2) is 11.2 Å². The van der Waals surface area contributed by atoms with Crippen molar-refractivity contribution >= 4 is 23.4 Å². The Hall–Kier alpha value is -1.95. The molecule has 0 aliphatic rings. The Morgan fingerprint density at radius 2 is 2.30 bits per heavy atom. The number of nitrogens with one attached hydrogen (secondary N) is 1. The second-order valence-corrected chi connectivity index (χ2v) is 5.65. The number of furan rings is 1. The maximum Gasteiger partial charge on any atom is 0.233 e. The zero-order valence-corrected chi connectivity index (χ0v) is 11.7. The Bertz CT molecular complexity index is 587. The van der Waals surface area contributed by atoms with Crippen molar-refractivity contribution in [2.45, 2.75) is 23.6 Å². The molecule has 0 spiro atoms. The molecule has 1 aromatic carbocycles. The van der Waals surface area contributed by atoms with Gasteiger partial charge in [-0.1, -0.05) is 0 Å². The highest BCUT2D eigenvalue weighted by Gasteiger charge is 2.15. The van der Waals surface area contributed by atoms with Gasteiger partial charge < -0.3 is 15.5 Å². The average molecular weight is 294 g/mol. The fourth-order valence-electron chi connectivity index (χ4n) is 1.57. The maximum atomic E-state index is 13.3. The van der Waals surface area contributed by atoms with Gasteiger partial charge in [-0.2, -0.15) is 0 Å². The Morgan fingerprint density at radius 1 is 1.50 bits per heavy atom. The molecule has 0 saturated carbocycles. The highest BCUT2D eigenvalue weighted by Crippen LogP contribution is 2.26. The van der Waals surface area contributed by atoms with Crippen molar-refractivity contribution in [2.75, 3.05) is 5.73 Å². The predicted molar refractivity (Wildman–Crippen MR) is 76.7 cm³/mol. The summed E-state index contributed by atoms with van der Waals surface area (Å²) in [6.07, 6.45) is 1.55. The number of anilines is 1. The van der Waals surface area contributed by atoms with Gasteiger partial charge in [0.1, 0.15) is 11.6 Å². The number of hydrogen-bond donors (Lipinski definition) is 2. The first-order valence-corrected chi connectivity index (χ1v) is 6.96. The molecule has 3 N–H and O–H groups in total. The number of halogens is 1. The quantitative estimate of drug-likeness (QED) is 0.657. The molecule has 106 valence electrons. The van der Waals surface area contributed by atoms with Crippen molar-refractivity contribution in [2.24, 2.45) is 0 Å². The zero-order chi connectivity index (χ0) is 14.5. The van der Waals surface area contributed by atoms with Gasteiger partial charge in [-0.25, -0.2) is 4.39 Å². The van der Waals surface area contributed by atoms with Crippen molar-refractivity contribution in [3.05, 3.63) is 48.2 Å². The van der Waals surface area contributed by atoms with E-state index in [1.165, 1.54) is 23.9 Å². The number of rotatable bonds is 5. The number of benzene rings is 1. The monoisotopic (exact) mass is 294 g/mol. The molecule has 0 aliphatic heterocycles. The molecular weight excluding hydrogens is 279 g/mol. The normalized spacial score (nSPS) is 12.1. The molecule has 1 aromatic heterocycles. The van der Waals surface area contributed by atoms with Crippen LogP contribution in [0.3, 0.4) is 0 Å². The molecule has 1 atom stereocenters. The number of hydrogen-bond acceptors (Lipinski definition) is 4. The molecule has 1 heterocycles. The number of carbonyl (C=O) groups excluding carboxylic acids is 1. The third kappa shape index (κ3) is 3.77. The van der Waals surface area contributed by atoms with Gasteiger partial charge in [0, 0.05) is 4.90 Å². The average Bonchev–Trinajstić information content (AvgIpc) is 2.93. The second-order valence-electron chi connectivity index (χ2n) is 4.24. The first kappa shape index (κ1) is 14.5. The van der Waals surface area contributed by atoms with E-state index in [1.54, 1.807) is 31.4 Å². The summed E-state index contributed by atoms with van der Waals surface area (Å²) in [6.45, 7) is 2.10. The van der Waals surface area contributed by atoms with E-state index in [1.807, 2.05) is 0 Å². The molecule has 1 amide bonds. The van der Waals surface area contributed by atoms with E-state index in [4.69, 9.17) is 10.2 Å². The van der Waals surface area contributed by atoms with Gasteiger partial charge in [-0.05, 0) is 37.3 Å². The number of nitrogen functional groups attached to an aromatic ring is 1. The molecule has 20 heavy (non-hydrogen) atoms. The zero-order valence-electron chi connectivity index (χ0n) is 10.9. The van der Waals surface area contributed by atoms with Crippen molar-refractivity contribution in [3.63, 3.8) is 0 Å². The molecule has 0 saturated heterocycles. The van der Waals surface area contributed by atoms with Gasteiger partial charge in [0.25, 0.3) is 0 Å². The lowest BCUT2D eigenvalue weighted by molar-refractivity contribution is -0.120. The standard InChI is InChI=1S/C14H15FN2O2S/c1-9(14(18)17-8-10-3-2-6-19-10)20-11-4-5-13(16)12(15)7-11/h2-7,9H,8,16H2,1H3,(H,17,18). The van der Waals surface area contributed by atoms with Crippen molar-refractivity contribution in [1.29, 1.82) is 0 Å². The van der Waals surface area contributed by atoms with E-state index in [0.29, 0.717) is 17.2 Å². The smallest absolute Gasteiger partial charge is 0.233 e. The number of nitrogens with two attached hydrogens (primary N) is 1. The van der Waals surface area contributed by atoms with Crippen molar-refractivity contribution < 1.29 is 13.6 Å². The van der Waals surface area contributed by atoms with Crippen LogP contribution in [0.1, 0.15) is 12.7 Å². The lowest BCUT2D eigenvalue weighted by atomic mass is 10.3. The number of amides is 1. The van der Waals surface area contributed by atoms with Gasteiger partial charge in [-0.3, -0.25) is 4.79 Å². The molecule has 0 bridgehead atoms. The van der Waals surface area contributed by atoms with Crippen molar-refractivity contribution in [1.82, 2.24) is 5.32 Å². The minimum absolute atomic E-state index is 0.101. The van der Waals surface area contributed by atoms with Crippen LogP contribution in [0.4, 0.5) is 10.1 Å². The minimum atomic E-state index is -0.474. The summed E-state index contributed by atoms with van der Waals surface area (Å²) >= 11 is 1.27. The summed E-state index contributed by atoms with van der Waals surface area (Å²) in [4.78, 5) is 12.6. The number of carbonyl (C=O) groups is 1. The molecule has 4 nitrogen and oxygen atoms in total. The van der Waals surface area contributed by atoms with Crippen LogP contribution in [0, 0.1) is 5.82 Å². The van der Waals surface area contributed by atoms with E-state index >= 15 is 0 Å². The van der Waals surface area contributed by atoms with Gasteiger partial charge in [0.15, 0.2) is 0 Å². The van der Waals surface area contributed by atoms with Crippen LogP contribution in [0.15, 0.2) is 45.9 Å². The summed E-state index contributed by atoms with van der Waals surface area (Å²) < 4.78 is 18.4. The highest BCUT2D eigenvalue weighted by atomic mass is 32.2. The predicted octanol–water partition coefficient (Wildman–Crippen LogP) is 2.80. The Kier molecular flexibility index (Phi) is 4.68. The third-order valence-electron chi connectivity index (χ3n) is 2.67. The largest absolute Gasteiger partial charge is 0.467 e. The molecule has 0 radical (unpaired) electrons. The molecule has 6 heteroatoms. The molecule has 0 fully saturated rings. The lowest BCUT2D eigenvalue weighted by Crippen LogP contribution is -2.30. The Morgan fingerprint density at radius 3 is 2.95 bits per heavy atom. The van der Waals surface area contributed by atoms with Gasteiger partial charge >= 0.3 is 0 Å². The van der Waals surface area contributed by atoms with Gasteiger partial charge in [0.2, 0.25) is 5.91 Å². The van der Waals surface area contributed by atoms with Crippen LogP contribution in [0.25, 0.3) is 0 Å². The topological polar surface area (TPSA) is 68.3 Å². The van der Waals surface area contributed by atoms with Crippen LogP contribution in [0.2, 0.25) is 0 Å². The van der Waals surface area contributed by atoms with E-state index in [-0.39, 0.29) is 16.8 Å². The van der Waals surface area contributed by atoms with E-state index in [9.17, 15) is 9.18 Å². The van der Waals surface area contributed by atoms with Crippen LogP contribution >= 0.6 is 11.8 Å². The van der Waals surface area contributed by atoms with E-state index in [2.05, 4.69) is 5.32 Å². The minimum Gasteiger partial charge on any atom is -0.467 e. The Balaban J connectivity index is 1.88. The summed E-state index contributed by atoms with van der Waals surface area (Å²) in [5, 5.41) is 2.42. The van der Waals surface area contributed by atoms with E-state index in [0.717, 1.165) is 0 Å². The molecular formula is C14H15FN2O2S. The summed E-state index contributed by atoms with van der Waals surface area (Å²) in [7, 11) is 0. The van der Waals surface area contributed by atoms with Crippen LogP contribution < -0.4 is 11.1 Å². The third-order valence-corrected chi connectivity index (χ3v) is 3.76. The number of thioether (sulfide) groups is 1. The second kappa shape index (κ2) is 6.47. The van der Waals surface area contributed by atoms with Crippen LogP contribution in [-0.2, 0) is 11.3 Å². The first-order chi connectivity index (χ1) is 9.56. The Labute approximate surface area is 120 Å². The first-order valence-electron chi connectivity index (χ1n) is 6.08. The van der Waals surface area contributed by atoms with E-state index < -0.39 is 5.82 Å². The van der Waals surface area contributed by atoms with Crippen molar-refractivity contribution in [3.8, 4) is 0 Å². The maximum absolute atomic E-state index is 13.3. The fraction of sp³-hybridized carbons (Fsp3) is 0.214. The summed E-state index contributed by atoms with van der Waals surface area (Å²) in [5.41, 5.74) is 5.51. The van der Waals surface area contributed by atoms with Gasteiger partial charge in [-0.15, -0.1) is 11.8 Å². The molecule has 2 rings (SSSR count). The molecule has 1 unspecified atom stereocenters. The van der Waals surface area contributed by atoms with Gasteiger partial charge in [0.05, 0.1) is 23.7 Å². The molecule has 0 aliphatic carbocycles. The van der Waals surface area contributed by atoms with Crippen LogP contribution in [0.5, 0.6) is 0 Å².